The molecule has 0 fully saturated rings. The van der Waals surface area contributed by atoms with Crippen molar-refractivity contribution in [2.75, 3.05) is 12.8 Å². The molecule has 0 saturated heterocycles. The van der Waals surface area contributed by atoms with Crippen molar-refractivity contribution >= 4 is 17.4 Å². The molecule has 0 saturated carbocycles. The van der Waals surface area contributed by atoms with Crippen LogP contribution in [0.5, 0.6) is 5.75 Å². The number of methoxy groups -OCH3 is 1. The molecular weight excluding hydrogens is 230 g/mol. The van der Waals surface area contributed by atoms with Crippen LogP contribution in [0, 0.1) is 6.92 Å². The highest BCUT2D eigenvalue weighted by atomic mass is 32.2. The summed E-state index contributed by atoms with van der Waals surface area (Å²) in [4.78, 5) is 2.42. The van der Waals surface area contributed by atoms with Gasteiger partial charge in [0.1, 0.15) is 5.75 Å². The van der Waals surface area contributed by atoms with Crippen molar-refractivity contribution in [1.29, 1.82) is 0 Å². The summed E-state index contributed by atoms with van der Waals surface area (Å²) in [6.07, 6.45) is 0. The molecule has 0 unspecified atom stereocenters. The van der Waals surface area contributed by atoms with Gasteiger partial charge in [0.2, 0.25) is 0 Å². The first-order valence-corrected chi connectivity index (χ1v) is 6.19. The van der Waals surface area contributed by atoms with Crippen molar-refractivity contribution < 1.29 is 4.74 Å². The molecule has 0 spiro atoms. The molecule has 2 N–H and O–H groups in total. The molecule has 0 radical (unpaired) electrons. The molecular formula is C14H15NOS. The number of aryl methyl sites for hydroxylation is 1. The topological polar surface area (TPSA) is 35.2 Å². The lowest BCUT2D eigenvalue weighted by molar-refractivity contribution is 0.414. The van der Waals surface area contributed by atoms with E-state index in [0.29, 0.717) is 0 Å². The quantitative estimate of drug-likeness (QED) is 0.837. The minimum absolute atomic E-state index is 0.792. The Labute approximate surface area is 106 Å². The molecule has 2 nitrogen and oxygen atoms in total. The lowest BCUT2D eigenvalue weighted by Crippen LogP contribution is -1.86. The zero-order valence-corrected chi connectivity index (χ0v) is 10.8. The standard InChI is InChI=1S/C14H15NOS/c1-10-9-12(16-2)5-8-14(10)17-13-6-3-11(15)4-7-13/h3-9H,15H2,1-2H3. The van der Waals surface area contributed by atoms with Gasteiger partial charge in [-0.2, -0.15) is 0 Å². The van der Waals surface area contributed by atoms with Crippen molar-refractivity contribution in [3.63, 3.8) is 0 Å². The summed E-state index contributed by atoms with van der Waals surface area (Å²) in [7, 11) is 1.68. The maximum atomic E-state index is 5.66. The molecule has 0 aliphatic carbocycles. The van der Waals surface area contributed by atoms with E-state index >= 15 is 0 Å². The van der Waals surface area contributed by atoms with Crippen molar-refractivity contribution in [3.05, 3.63) is 48.0 Å². The van der Waals surface area contributed by atoms with Gasteiger partial charge in [-0.05, 0) is 55.0 Å². The van der Waals surface area contributed by atoms with E-state index in [-0.39, 0.29) is 0 Å². The van der Waals surface area contributed by atoms with Crippen LogP contribution in [0.2, 0.25) is 0 Å². The zero-order valence-electron chi connectivity index (χ0n) is 9.94. The zero-order chi connectivity index (χ0) is 12.3. The van der Waals surface area contributed by atoms with Gasteiger partial charge in [-0.1, -0.05) is 11.8 Å². The molecule has 88 valence electrons. The van der Waals surface area contributed by atoms with Gasteiger partial charge in [0.25, 0.3) is 0 Å². The molecule has 0 aliphatic rings. The number of nitrogens with two attached hydrogens (primary N) is 1. The van der Waals surface area contributed by atoms with E-state index in [1.165, 1.54) is 15.4 Å². The second kappa shape index (κ2) is 5.15. The fourth-order valence-electron chi connectivity index (χ4n) is 1.53. The average molecular weight is 245 g/mol. The summed E-state index contributed by atoms with van der Waals surface area (Å²) in [6.45, 7) is 2.09. The lowest BCUT2D eigenvalue weighted by atomic mass is 10.2. The van der Waals surface area contributed by atoms with E-state index in [4.69, 9.17) is 10.5 Å². The third-order valence-corrected chi connectivity index (χ3v) is 3.68. The molecule has 2 aromatic rings. The second-order valence-corrected chi connectivity index (χ2v) is 4.92. The first-order valence-electron chi connectivity index (χ1n) is 5.37. The normalized spacial score (nSPS) is 10.2. The van der Waals surface area contributed by atoms with Gasteiger partial charge < -0.3 is 10.5 Å². The molecule has 0 amide bonds. The number of ether oxygens (including phenoxy) is 1. The first kappa shape index (κ1) is 11.9. The molecule has 2 aromatic carbocycles. The Morgan fingerprint density at radius 1 is 1.06 bits per heavy atom. The smallest absolute Gasteiger partial charge is 0.119 e. The predicted molar refractivity (Wildman–Crippen MR) is 72.7 cm³/mol. The summed E-state index contributed by atoms with van der Waals surface area (Å²) in [5.41, 5.74) is 7.67. The van der Waals surface area contributed by atoms with Gasteiger partial charge in [0.05, 0.1) is 7.11 Å². The van der Waals surface area contributed by atoms with Crippen LogP contribution in [0.4, 0.5) is 5.69 Å². The number of benzene rings is 2. The summed E-state index contributed by atoms with van der Waals surface area (Å²) in [5, 5.41) is 0. The van der Waals surface area contributed by atoms with Gasteiger partial charge in [-0.25, -0.2) is 0 Å². The lowest BCUT2D eigenvalue weighted by Gasteiger charge is -2.07. The highest BCUT2D eigenvalue weighted by Crippen LogP contribution is 2.32. The van der Waals surface area contributed by atoms with Crippen molar-refractivity contribution in [3.8, 4) is 5.75 Å². The van der Waals surface area contributed by atoms with E-state index in [2.05, 4.69) is 13.0 Å². The van der Waals surface area contributed by atoms with Crippen LogP contribution in [0.25, 0.3) is 0 Å². The van der Waals surface area contributed by atoms with Crippen LogP contribution in [0.1, 0.15) is 5.56 Å². The highest BCUT2D eigenvalue weighted by Gasteiger charge is 2.02. The van der Waals surface area contributed by atoms with Crippen LogP contribution in [-0.4, -0.2) is 7.11 Å². The summed E-state index contributed by atoms with van der Waals surface area (Å²) < 4.78 is 5.19. The van der Waals surface area contributed by atoms with Gasteiger partial charge >= 0.3 is 0 Å². The fourth-order valence-corrected chi connectivity index (χ4v) is 2.41. The summed E-state index contributed by atoms with van der Waals surface area (Å²) in [5.74, 6) is 0.893. The first-order chi connectivity index (χ1) is 8.19. The van der Waals surface area contributed by atoms with Crippen LogP contribution in [0.3, 0.4) is 0 Å². The molecule has 0 heterocycles. The average Bonchev–Trinajstić information content (AvgIpc) is 2.34. The second-order valence-electron chi connectivity index (χ2n) is 3.80. The van der Waals surface area contributed by atoms with Crippen molar-refractivity contribution in [1.82, 2.24) is 0 Å². The van der Waals surface area contributed by atoms with Gasteiger partial charge in [0, 0.05) is 15.5 Å². The minimum atomic E-state index is 0.792. The van der Waals surface area contributed by atoms with E-state index < -0.39 is 0 Å². The van der Waals surface area contributed by atoms with Gasteiger partial charge in [-0.15, -0.1) is 0 Å². The third-order valence-electron chi connectivity index (χ3n) is 2.49. The van der Waals surface area contributed by atoms with E-state index in [1.54, 1.807) is 18.9 Å². The van der Waals surface area contributed by atoms with Crippen LogP contribution in [-0.2, 0) is 0 Å². The number of hydrogen-bond acceptors (Lipinski definition) is 3. The van der Waals surface area contributed by atoms with E-state index in [1.807, 2.05) is 36.4 Å². The number of anilines is 1. The maximum Gasteiger partial charge on any atom is 0.119 e. The number of hydrogen-bond donors (Lipinski definition) is 1. The summed E-state index contributed by atoms with van der Waals surface area (Å²) >= 11 is 1.73. The van der Waals surface area contributed by atoms with Crippen LogP contribution < -0.4 is 10.5 Å². The third kappa shape index (κ3) is 2.94. The Bertz CT molecular complexity index is 508. The van der Waals surface area contributed by atoms with Gasteiger partial charge in [0.15, 0.2) is 0 Å². The van der Waals surface area contributed by atoms with Crippen LogP contribution in [0.15, 0.2) is 52.3 Å². The molecule has 17 heavy (non-hydrogen) atoms. The fraction of sp³-hybridized carbons (Fsp3) is 0.143. The number of nitrogen functional groups attached to an aromatic ring is 1. The van der Waals surface area contributed by atoms with E-state index in [0.717, 1.165) is 11.4 Å². The SMILES string of the molecule is COc1ccc(Sc2ccc(N)cc2)c(C)c1. The van der Waals surface area contributed by atoms with Gasteiger partial charge in [-0.3, -0.25) is 0 Å². The molecule has 0 bridgehead atoms. The Balaban J connectivity index is 2.21. The molecule has 0 atom stereocenters. The molecule has 2 rings (SSSR count). The summed E-state index contributed by atoms with van der Waals surface area (Å²) in [6, 6.07) is 14.0. The predicted octanol–water partition coefficient (Wildman–Crippen LogP) is 3.74. The Morgan fingerprint density at radius 2 is 1.76 bits per heavy atom. The molecule has 0 aromatic heterocycles. The Kier molecular flexibility index (Phi) is 3.59. The molecule has 0 aliphatic heterocycles. The van der Waals surface area contributed by atoms with E-state index in [9.17, 15) is 0 Å². The van der Waals surface area contributed by atoms with Crippen molar-refractivity contribution in [2.24, 2.45) is 0 Å². The van der Waals surface area contributed by atoms with Crippen molar-refractivity contribution in [2.45, 2.75) is 16.7 Å². The largest absolute Gasteiger partial charge is 0.497 e. The monoisotopic (exact) mass is 245 g/mol. The Morgan fingerprint density at radius 3 is 2.35 bits per heavy atom. The van der Waals surface area contributed by atoms with Crippen LogP contribution >= 0.6 is 11.8 Å². The maximum absolute atomic E-state index is 5.66. The Hall–Kier alpha value is -1.61. The minimum Gasteiger partial charge on any atom is -0.497 e. The molecule has 3 heteroatoms. The number of rotatable bonds is 3. The highest BCUT2D eigenvalue weighted by molar-refractivity contribution is 7.99.